The Labute approximate surface area is 166 Å². The van der Waals surface area contributed by atoms with Crippen LogP contribution in [0.15, 0.2) is 18.2 Å². The molecule has 7 nitrogen and oxygen atoms in total. The van der Waals surface area contributed by atoms with E-state index in [0.717, 1.165) is 0 Å². The standard InChI is InChI=1S/C14H19Cl3N4O3S/c1-21(2)13(22)20-11(14(15,16)17)19-12(25)18-9-7-8(23-3)5-6-10(9)24-4/h5-7,11H,1-4H3,(H,20,22)(H2,18,19,25)/t11-/m0/s1. The monoisotopic (exact) mass is 428 g/mol. The fourth-order valence-electron chi connectivity index (χ4n) is 1.65. The molecule has 0 aromatic heterocycles. The first-order valence-electron chi connectivity index (χ1n) is 6.92. The number of ether oxygens (including phenoxy) is 2. The van der Waals surface area contributed by atoms with Crippen LogP contribution >= 0.6 is 47.0 Å². The Morgan fingerprint density at radius 1 is 1.20 bits per heavy atom. The highest BCUT2D eigenvalue weighted by Gasteiger charge is 2.35. The number of carbonyl (C=O) groups excluding carboxylic acids is 1. The Hall–Kier alpha value is -1.35. The lowest BCUT2D eigenvalue weighted by molar-refractivity contribution is 0.212. The third-order valence-electron chi connectivity index (χ3n) is 2.93. The molecular weight excluding hydrogens is 411 g/mol. The number of hydrogen-bond donors (Lipinski definition) is 3. The Morgan fingerprint density at radius 3 is 2.32 bits per heavy atom. The topological polar surface area (TPSA) is 74.9 Å². The van der Waals surface area contributed by atoms with Crippen molar-refractivity contribution in [3.8, 4) is 11.5 Å². The number of nitrogens with one attached hydrogen (secondary N) is 3. The predicted molar refractivity (Wildman–Crippen MR) is 105 cm³/mol. The van der Waals surface area contributed by atoms with Crippen LogP contribution in [0.4, 0.5) is 10.5 Å². The second-order valence-corrected chi connectivity index (χ2v) is 7.76. The van der Waals surface area contributed by atoms with E-state index in [2.05, 4.69) is 16.0 Å². The summed E-state index contributed by atoms with van der Waals surface area (Å²) in [5.74, 6) is 1.14. The number of anilines is 1. The zero-order valence-electron chi connectivity index (χ0n) is 14.0. The van der Waals surface area contributed by atoms with Crippen molar-refractivity contribution in [1.29, 1.82) is 0 Å². The smallest absolute Gasteiger partial charge is 0.318 e. The van der Waals surface area contributed by atoms with Crippen molar-refractivity contribution >= 4 is 63.9 Å². The molecule has 1 aromatic carbocycles. The number of nitrogens with zero attached hydrogens (tertiary/aromatic N) is 1. The van der Waals surface area contributed by atoms with E-state index in [9.17, 15) is 4.79 Å². The lowest BCUT2D eigenvalue weighted by atomic mass is 10.2. The number of methoxy groups -OCH3 is 2. The number of hydrogen-bond acceptors (Lipinski definition) is 4. The summed E-state index contributed by atoms with van der Waals surface area (Å²) in [7, 11) is 6.17. The van der Waals surface area contributed by atoms with Crippen molar-refractivity contribution in [2.45, 2.75) is 9.96 Å². The molecule has 1 rings (SSSR count). The third-order valence-corrected chi connectivity index (χ3v) is 3.81. The molecule has 140 valence electrons. The van der Waals surface area contributed by atoms with E-state index >= 15 is 0 Å². The van der Waals surface area contributed by atoms with Crippen LogP contribution in [0.25, 0.3) is 0 Å². The number of alkyl halides is 3. The van der Waals surface area contributed by atoms with Crippen LogP contribution in [-0.4, -0.2) is 54.3 Å². The van der Waals surface area contributed by atoms with Crippen LogP contribution < -0.4 is 25.4 Å². The molecule has 0 bridgehead atoms. The van der Waals surface area contributed by atoms with Gasteiger partial charge >= 0.3 is 6.03 Å². The molecule has 0 unspecified atom stereocenters. The SMILES string of the molecule is COc1ccc(OC)c(NC(=S)N[C@@H](NC(=O)N(C)C)C(Cl)(Cl)Cl)c1. The van der Waals surface area contributed by atoms with Crippen molar-refractivity contribution < 1.29 is 14.3 Å². The molecule has 0 saturated heterocycles. The van der Waals surface area contributed by atoms with Crippen molar-refractivity contribution in [1.82, 2.24) is 15.5 Å². The first kappa shape index (κ1) is 21.7. The van der Waals surface area contributed by atoms with Crippen molar-refractivity contribution in [3.05, 3.63) is 18.2 Å². The van der Waals surface area contributed by atoms with Gasteiger partial charge < -0.3 is 30.3 Å². The highest BCUT2D eigenvalue weighted by atomic mass is 35.6. The van der Waals surface area contributed by atoms with E-state index in [1.54, 1.807) is 32.3 Å². The Balaban J connectivity index is 2.89. The van der Waals surface area contributed by atoms with E-state index < -0.39 is 16.0 Å². The minimum Gasteiger partial charge on any atom is -0.497 e. The highest BCUT2D eigenvalue weighted by molar-refractivity contribution is 7.80. The first-order valence-corrected chi connectivity index (χ1v) is 8.46. The molecule has 0 aliphatic carbocycles. The number of benzene rings is 1. The zero-order valence-corrected chi connectivity index (χ0v) is 17.1. The van der Waals surface area contributed by atoms with Gasteiger partial charge in [0.05, 0.1) is 19.9 Å². The summed E-state index contributed by atoms with van der Waals surface area (Å²) >= 11 is 22.9. The van der Waals surface area contributed by atoms with E-state index in [1.165, 1.54) is 19.1 Å². The van der Waals surface area contributed by atoms with Gasteiger partial charge in [0, 0.05) is 20.2 Å². The predicted octanol–water partition coefficient (Wildman–Crippen LogP) is 2.96. The van der Waals surface area contributed by atoms with Crippen LogP contribution in [0.3, 0.4) is 0 Å². The van der Waals surface area contributed by atoms with Crippen molar-refractivity contribution in [2.75, 3.05) is 33.6 Å². The summed E-state index contributed by atoms with van der Waals surface area (Å²) in [6.07, 6.45) is -1.07. The van der Waals surface area contributed by atoms with E-state index in [1.807, 2.05) is 0 Å². The lowest BCUT2D eigenvalue weighted by Crippen LogP contribution is -2.57. The van der Waals surface area contributed by atoms with E-state index in [-0.39, 0.29) is 5.11 Å². The molecule has 0 aliphatic heterocycles. The van der Waals surface area contributed by atoms with Gasteiger partial charge in [-0.3, -0.25) is 0 Å². The molecule has 1 aromatic rings. The van der Waals surface area contributed by atoms with Gasteiger partial charge in [-0.25, -0.2) is 4.79 Å². The summed E-state index contributed by atoms with van der Waals surface area (Å²) in [5, 5.41) is 8.30. The fraction of sp³-hybridized carbons (Fsp3) is 0.429. The van der Waals surface area contributed by atoms with Crippen LogP contribution in [-0.2, 0) is 0 Å². The van der Waals surface area contributed by atoms with Gasteiger partial charge in [0.25, 0.3) is 0 Å². The molecular formula is C14H19Cl3N4O3S. The van der Waals surface area contributed by atoms with Gasteiger partial charge in [-0.15, -0.1) is 0 Å². The molecule has 2 amide bonds. The van der Waals surface area contributed by atoms with E-state index in [0.29, 0.717) is 17.2 Å². The number of rotatable bonds is 5. The molecule has 25 heavy (non-hydrogen) atoms. The van der Waals surface area contributed by atoms with Gasteiger partial charge in [0.15, 0.2) is 11.3 Å². The maximum Gasteiger partial charge on any atom is 0.318 e. The molecule has 0 spiro atoms. The molecule has 11 heteroatoms. The lowest BCUT2D eigenvalue weighted by Gasteiger charge is -2.29. The molecule has 0 radical (unpaired) electrons. The van der Waals surface area contributed by atoms with Crippen molar-refractivity contribution in [3.63, 3.8) is 0 Å². The normalized spacial score (nSPS) is 12.0. The van der Waals surface area contributed by atoms with Gasteiger partial charge in [-0.2, -0.15) is 0 Å². The number of urea groups is 1. The Bertz CT molecular complexity index is 626. The summed E-state index contributed by atoms with van der Waals surface area (Å²) in [6.45, 7) is 0. The molecule has 3 N–H and O–H groups in total. The third kappa shape index (κ3) is 6.81. The van der Waals surface area contributed by atoms with Gasteiger partial charge in [-0.05, 0) is 24.4 Å². The zero-order chi connectivity index (χ0) is 19.2. The van der Waals surface area contributed by atoms with Crippen LogP contribution in [0, 0.1) is 0 Å². The average molecular weight is 430 g/mol. The Morgan fingerprint density at radius 2 is 1.84 bits per heavy atom. The maximum absolute atomic E-state index is 11.8. The highest BCUT2D eigenvalue weighted by Crippen LogP contribution is 2.30. The first-order chi connectivity index (χ1) is 11.6. The number of amides is 2. The fourth-order valence-corrected chi connectivity index (χ4v) is 2.21. The molecule has 0 saturated carbocycles. The summed E-state index contributed by atoms with van der Waals surface area (Å²) in [5.41, 5.74) is 0.543. The summed E-state index contributed by atoms with van der Waals surface area (Å²) in [4.78, 5) is 13.1. The minimum absolute atomic E-state index is 0.113. The van der Waals surface area contributed by atoms with Crippen LogP contribution in [0.1, 0.15) is 0 Å². The molecule has 1 atom stereocenters. The maximum atomic E-state index is 11.8. The minimum atomic E-state index is -1.84. The van der Waals surface area contributed by atoms with Crippen molar-refractivity contribution in [2.24, 2.45) is 0 Å². The average Bonchev–Trinajstić information content (AvgIpc) is 2.52. The molecule has 0 aliphatic rings. The molecule has 0 fully saturated rings. The largest absolute Gasteiger partial charge is 0.497 e. The van der Waals surface area contributed by atoms with E-state index in [4.69, 9.17) is 56.5 Å². The van der Waals surface area contributed by atoms with Gasteiger partial charge in [0.2, 0.25) is 3.79 Å². The number of carbonyl (C=O) groups is 1. The Kier molecular flexibility index (Phi) is 8.14. The second-order valence-electron chi connectivity index (χ2n) is 4.98. The number of thiocarbonyl (C=S) groups is 1. The van der Waals surface area contributed by atoms with Gasteiger partial charge in [-0.1, -0.05) is 34.8 Å². The number of halogens is 3. The summed E-state index contributed by atoms with van der Waals surface area (Å²) < 4.78 is 8.58. The second kappa shape index (κ2) is 9.38. The quantitative estimate of drug-likeness (QED) is 0.380. The van der Waals surface area contributed by atoms with Crippen LogP contribution in [0.2, 0.25) is 0 Å². The van der Waals surface area contributed by atoms with Crippen LogP contribution in [0.5, 0.6) is 11.5 Å². The summed E-state index contributed by atoms with van der Waals surface area (Å²) in [6, 6.07) is 4.69. The van der Waals surface area contributed by atoms with Gasteiger partial charge in [0.1, 0.15) is 11.5 Å². The molecule has 0 heterocycles.